The normalized spacial score (nSPS) is 10.9. The molecule has 0 unspecified atom stereocenters. The molecule has 0 aliphatic rings. The number of methoxy groups -OCH3 is 1. The van der Waals surface area contributed by atoms with E-state index in [1.54, 1.807) is 38.3 Å². The van der Waals surface area contributed by atoms with Crippen LogP contribution in [0.5, 0.6) is 11.5 Å². The number of hydrazone groups is 1. The zero-order chi connectivity index (χ0) is 20.4. The summed E-state index contributed by atoms with van der Waals surface area (Å²) < 4.78 is 15.6. The molecule has 1 amide bonds. The van der Waals surface area contributed by atoms with Gasteiger partial charge in [0.25, 0.3) is 5.91 Å². The van der Waals surface area contributed by atoms with Gasteiger partial charge in [0.15, 0.2) is 6.61 Å². The van der Waals surface area contributed by atoms with Gasteiger partial charge in [-0.3, -0.25) is 4.79 Å². The average molecular weight is 384 g/mol. The van der Waals surface area contributed by atoms with Crippen molar-refractivity contribution in [1.29, 1.82) is 0 Å². The van der Waals surface area contributed by atoms with Crippen LogP contribution in [-0.2, 0) is 9.53 Å². The molecule has 0 saturated carbocycles. The van der Waals surface area contributed by atoms with E-state index < -0.39 is 0 Å². The maximum Gasteiger partial charge on any atom is 0.338 e. The van der Waals surface area contributed by atoms with Crippen molar-refractivity contribution in [2.45, 2.75) is 20.3 Å². The number of rotatable bonds is 9. The highest BCUT2D eigenvalue weighted by atomic mass is 16.5. The van der Waals surface area contributed by atoms with Gasteiger partial charge in [-0.1, -0.05) is 6.92 Å². The molecule has 1 N–H and O–H groups in total. The van der Waals surface area contributed by atoms with Gasteiger partial charge in [0.05, 0.1) is 25.0 Å². The molecule has 28 heavy (non-hydrogen) atoms. The zero-order valence-electron chi connectivity index (χ0n) is 16.2. The van der Waals surface area contributed by atoms with Gasteiger partial charge in [0.2, 0.25) is 0 Å². The van der Waals surface area contributed by atoms with Gasteiger partial charge in [0, 0.05) is 0 Å². The van der Waals surface area contributed by atoms with Gasteiger partial charge >= 0.3 is 5.97 Å². The molecule has 0 atom stereocenters. The van der Waals surface area contributed by atoms with Crippen molar-refractivity contribution in [2.24, 2.45) is 5.10 Å². The first-order valence-electron chi connectivity index (χ1n) is 8.91. The predicted octanol–water partition coefficient (Wildman–Crippen LogP) is 3.18. The fourth-order valence-corrected chi connectivity index (χ4v) is 2.19. The largest absolute Gasteiger partial charge is 0.497 e. The van der Waals surface area contributed by atoms with E-state index in [1.165, 1.54) is 0 Å². The molecule has 7 nitrogen and oxygen atoms in total. The van der Waals surface area contributed by atoms with Crippen molar-refractivity contribution >= 4 is 17.6 Å². The van der Waals surface area contributed by atoms with E-state index in [-0.39, 0.29) is 18.5 Å². The van der Waals surface area contributed by atoms with Gasteiger partial charge < -0.3 is 14.2 Å². The van der Waals surface area contributed by atoms with Gasteiger partial charge in [0.1, 0.15) is 11.5 Å². The van der Waals surface area contributed by atoms with E-state index in [0.29, 0.717) is 23.6 Å². The van der Waals surface area contributed by atoms with Crippen LogP contribution >= 0.6 is 0 Å². The smallest absolute Gasteiger partial charge is 0.338 e. The van der Waals surface area contributed by atoms with Crippen LogP contribution in [0.25, 0.3) is 0 Å². The van der Waals surface area contributed by atoms with Crippen molar-refractivity contribution in [3.05, 3.63) is 59.7 Å². The lowest BCUT2D eigenvalue weighted by molar-refractivity contribution is -0.123. The second-order valence-electron chi connectivity index (χ2n) is 5.91. The number of hydrogen-bond acceptors (Lipinski definition) is 6. The van der Waals surface area contributed by atoms with Gasteiger partial charge in [-0.05, 0) is 67.4 Å². The number of carbonyl (C=O) groups excluding carboxylic acids is 2. The van der Waals surface area contributed by atoms with Gasteiger partial charge in [-0.15, -0.1) is 0 Å². The van der Waals surface area contributed by atoms with Crippen molar-refractivity contribution in [3.63, 3.8) is 0 Å². The lowest BCUT2D eigenvalue weighted by atomic mass is 10.1. The van der Waals surface area contributed by atoms with E-state index in [1.807, 2.05) is 31.2 Å². The molecule has 0 fully saturated rings. The Morgan fingerprint density at radius 1 is 0.964 bits per heavy atom. The van der Waals surface area contributed by atoms with Crippen LogP contribution in [0, 0.1) is 0 Å². The minimum absolute atomic E-state index is 0.195. The van der Waals surface area contributed by atoms with Crippen LogP contribution < -0.4 is 14.9 Å². The van der Waals surface area contributed by atoms with E-state index in [4.69, 9.17) is 14.2 Å². The first-order valence-corrected chi connectivity index (χ1v) is 8.91. The standard InChI is InChI=1S/C21H24N2O5/c1-4-13-27-21(25)17-7-11-19(12-8-17)28-14-20(24)23-22-15(2)16-5-9-18(26-3)10-6-16/h5-12H,4,13-14H2,1-3H3,(H,23,24)/b22-15+. The Morgan fingerprint density at radius 2 is 1.57 bits per heavy atom. The highest BCUT2D eigenvalue weighted by molar-refractivity contribution is 5.99. The van der Waals surface area contributed by atoms with E-state index in [9.17, 15) is 9.59 Å². The fraction of sp³-hybridized carbons (Fsp3) is 0.286. The molecule has 148 valence electrons. The Kier molecular flexibility index (Phi) is 8.02. The number of nitrogens with zero attached hydrogens (tertiary/aromatic N) is 1. The number of amides is 1. The van der Waals surface area contributed by atoms with E-state index in [0.717, 1.165) is 17.7 Å². The number of nitrogens with one attached hydrogen (secondary N) is 1. The number of hydrogen-bond donors (Lipinski definition) is 1. The summed E-state index contributed by atoms with van der Waals surface area (Å²) in [6.45, 7) is 3.91. The number of benzene rings is 2. The van der Waals surface area contributed by atoms with Crippen LogP contribution in [0.1, 0.15) is 36.2 Å². The first-order chi connectivity index (χ1) is 13.5. The van der Waals surface area contributed by atoms with Crippen molar-refractivity contribution in [2.75, 3.05) is 20.3 Å². The molecule has 2 aromatic carbocycles. The van der Waals surface area contributed by atoms with Crippen LogP contribution in [0.3, 0.4) is 0 Å². The van der Waals surface area contributed by atoms with Crippen LogP contribution in [0.15, 0.2) is 53.6 Å². The molecular weight excluding hydrogens is 360 g/mol. The lowest BCUT2D eigenvalue weighted by Crippen LogP contribution is -2.25. The van der Waals surface area contributed by atoms with Crippen molar-refractivity contribution in [1.82, 2.24) is 5.43 Å². The third kappa shape index (κ3) is 6.42. The van der Waals surface area contributed by atoms with E-state index in [2.05, 4.69) is 10.5 Å². The average Bonchev–Trinajstić information content (AvgIpc) is 2.74. The summed E-state index contributed by atoms with van der Waals surface area (Å²) in [7, 11) is 1.60. The minimum atomic E-state index is -0.390. The van der Waals surface area contributed by atoms with Crippen LogP contribution in [-0.4, -0.2) is 37.9 Å². The van der Waals surface area contributed by atoms with Crippen LogP contribution in [0.4, 0.5) is 0 Å². The minimum Gasteiger partial charge on any atom is -0.497 e. The molecule has 7 heteroatoms. The summed E-state index contributed by atoms with van der Waals surface area (Å²) in [5, 5.41) is 4.06. The molecule has 0 spiro atoms. The van der Waals surface area contributed by atoms with Gasteiger partial charge in [-0.25, -0.2) is 10.2 Å². The molecule has 0 heterocycles. The highest BCUT2D eigenvalue weighted by Gasteiger charge is 2.08. The second-order valence-corrected chi connectivity index (χ2v) is 5.91. The fourth-order valence-electron chi connectivity index (χ4n) is 2.19. The van der Waals surface area contributed by atoms with E-state index >= 15 is 0 Å². The summed E-state index contributed by atoms with van der Waals surface area (Å²) in [5.74, 6) is 0.449. The summed E-state index contributed by atoms with van der Waals surface area (Å²) in [4.78, 5) is 23.6. The number of ether oxygens (including phenoxy) is 3. The first kappa shape index (κ1) is 21.0. The molecule has 0 aliphatic carbocycles. The number of esters is 1. The quantitative estimate of drug-likeness (QED) is 0.408. The van der Waals surface area contributed by atoms with Gasteiger partial charge in [-0.2, -0.15) is 5.10 Å². The number of carbonyl (C=O) groups is 2. The molecule has 2 aromatic rings. The van der Waals surface area contributed by atoms with Crippen molar-refractivity contribution < 1.29 is 23.8 Å². The zero-order valence-corrected chi connectivity index (χ0v) is 16.2. The molecule has 0 aliphatic heterocycles. The third-order valence-corrected chi connectivity index (χ3v) is 3.75. The summed E-state index contributed by atoms with van der Waals surface area (Å²) >= 11 is 0. The predicted molar refractivity (Wildman–Crippen MR) is 106 cm³/mol. The maximum atomic E-state index is 11.9. The Labute approximate surface area is 164 Å². The topological polar surface area (TPSA) is 86.2 Å². The lowest BCUT2D eigenvalue weighted by Gasteiger charge is -2.07. The maximum absolute atomic E-state index is 11.9. The molecule has 0 saturated heterocycles. The summed E-state index contributed by atoms with van der Waals surface area (Å²) in [6, 6.07) is 13.8. The molecule has 2 rings (SSSR count). The second kappa shape index (κ2) is 10.7. The molecular formula is C21H24N2O5. The Morgan fingerprint density at radius 3 is 2.18 bits per heavy atom. The SMILES string of the molecule is CCCOC(=O)c1ccc(OCC(=O)N/N=C(\C)c2ccc(OC)cc2)cc1. The Hall–Kier alpha value is -3.35. The summed E-state index contributed by atoms with van der Waals surface area (Å²) in [6.07, 6.45) is 0.766. The molecule has 0 aromatic heterocycles. The Bertz CT molecular complexity index is 814. The Balaban J connectivity index is 1.82. The molecule has 0 bridgehead atoms. The highest BCUT2D eigenvalue weighted by Crippen LogP contribution is 2.13. The summed E-state index contributed by atoms with van der Waals surface area (Å²) in [5.41, 5.74) is 4.41. The third-order valence-electron chi connectivity index (χ3n) is 3.75. The van der Waals surface area contributed by atoms with Crippen LogP contribution in [0.2, 0.25) is 0 Å². The monoisotopic (exact) mass is 384 g/mol. The molecule has 0 radical (unpaired) electrons. The van der Waals surface area contributed by atoms with Crippen molar-refractivity contribution in [3.8, 4) is 11.5 Å².